The Hall–Kier alpha value is -2.67. The van der Waals surface area contributed by atoms with Crippen molar-refractivity contribution >= 4 is 27.3 Å². The van der Waals surface area contributed by atoms with Gasteiger partial charge in [-0.3, -0.25) is 9.52 Å². The Balaban J connectivity index is 2.05. The number of hydrogen-bond acceptors (Lipinski definition) is 4. The van der Waals surface area contributed by atoms with Crippen LogP contribution in [-0.2, 0) is 14.8 Å². The molecule has 0 radical (unpaired) electrons. The van der Waals surface area contributed by atoms with Crippen LogP contribution < -0.4 is 4.72 Å². The Morgan fingerprint density at radius 2 is 1.87 bits per heavy atom. The van der Waals surface area contributed by atoms with Gasteiger partial charge in [0.2, 0.25) is 15.9 Å². The summed E-state index contributed by atoms with van der Waals surface area (Å²) in [6.07, 6.45) is 3.16. The summed E-state index contributed by atoms with van der Waals surface area (Å²) in [5.74, 6) is -0.0835. The summed E-state index contributed by atoms with van der Waals surface area (Å²) in [7, 11) is -3.44. The number of carbonyl (C=O) groups excluding carboxylic acids is 1. The minimum atomic E-state index is -3.44. The lowest BCUT2D eigenvalue weighted by Gasteiger charge is -2.25. The van der Waals surface area contributed by atoms with E-state index in [0.29, 0.717) is 23.4 Å². The van der Waals surface area contributed by atoms with Gasteiger partial charge in [-0.15, -0.1) is 0 Å². The average molecular weight is 428 g/mol. The van der Waals surface area contributed by atoms with Gasteiger partial charge >= 0.3 is 0 Å². The van der Waals surface area contributed by atoms with Crippen LogP contribution in [0, 0.1) is 12.8 Å². The Labute approximate surface area is 179 Å². The molecule has 2 aromatic rings. The first kappa shape index (κ1) is 22.0. The van der Waals surface area contributed by atoms with E-state index >= 15 is 0 Å². The molecule has 1 atom stereocenters. The van der Waals surface area contributed by atoms with Crippen molar-refractivity contribution in [3.05, 3.63) is 65.2 Å². The molecule has 0 unspecified atom stereocenters. The maximum absolute atomic E-state index is 13.3. The molecule has 0 aromatic heterocycles. The molecule has 2 aromatic carbocycles. The normalized spacial score (nSPS) is 16.6. The van der Waals surface area contributed by atoms with Crippen LogP contribution in [-0.4, -0.2) is 31.3 Å². The van der Waals surface area contributed by atoms with Gasteiger partial charge in [0.15, 0.2) is 0 Å². The van der Waals surface area contributed by atoms with Crippen LogP contribution in [0.1, 0.15) is 55.8 Å². The van der Waals surface area contributed by atoms with Gasteiger partial charge in [-0.05, 0) is 31.4 Å². The van der Waals surface area contributed by atoms with Crippen LogP contribution in [0.25, 0.3) is 0 Å². The molecule has 160 valence electrons. The van der Waals surface area contributed by atoms with Crippen LogP contribution in [0.5, 0.6) is 0 Å². The maximum Gasteiger partial charge on any atom is 0.246 e. The van der Waals surface area contributed by atoms with Crippen molar-refractivity contribution in [2.45, 2.75) is 46.1 Å². The second-order valence-corrected chi connectivity index (χ2v) is 9.55. The van der Waals surface area contributed by atoms with Crippen molar-refractivity contribution < 1.29 is 13.2 Å². The van der Waals surface area contributed by atoms with E-state index in [4.69, 9.17) is 5.10 Å². The highest BCUT2D eigenvalue weighted by molar-refractivity contribution is 7.92. The highest BCUT2D eigenvalue weighted by Crippen LogP contribution is 2.36. The van der Waals surface area contributed by atoms with E-state index in [1.807, 2.05) is 51.1 Å². The molecule has 6 nitrogen and oxygen atoms in total. The molecule has 1 N–H and O–H groups in total. The molecule has 3 rings (SSSR count). The van der Waals surface area contributed by atoms with Gasteiger partial charge in [0.05, 0.1) is 23.7 Å². The number of anilines is 1. The quantitative estimate of drug-likeness (QED) is 0.707. The number of rotatable bonds is 7. The van der Waals surface area contributed by atoms with Gasteiger partial charge in [-0.1, -0.05) is 61.9 Å². The fraction of sp³-hybridized carbons (Fsp3) is 0.391. The Morgan fingerprint density at radius 1 is 1.17 bits per heavy atom. The molecular weight excluding hydrogens is 398 g/mol. The number of amides is 1. The Bertz CT molecular complexity index is 1060. The van der Waals surface area contributed by atoms with Gasteiger partial charge in [-0.2, -0.15) is 5.10 Å². The number of carbonyl (C=O) groups is 1. The predicted octanol–water partition coefficient (Wildman–Crippen LogP) is 4.48. The molecule has 30 heavy (non-hydrogen) atoms. The Morgan fingerprint density at radius 3 is 2.50 bits per heavy atom. The molecule has 1 aliphatic rings. The van der Waals surface area contributed by atoms with Crippen molar-refractivity contribution in [3.8, 4) is 0 Å². The van der Waals surface area contributed by atoms with E-state index in [0.717, 1.165) is 30.2 Å². The Kier molecular flexibility index (Phi) is 6.61. The van der Waals surface area contributed by atoms with Gasteiger partial charge in [0.25, 0.3) is 0 Å². The SMILES string of the molecule is CCC(CC)C(=O)N1N=C(c2ccccc2NS(C)(=O)=O)C[C@@H]1c1cccc(C)c1. The summed E-state index contributed by atoms with van der Waals surface area (Å²) < 4.78 is 26.2. The van der Waals surface area contributed by atoms with Crippen molar-refractivity contribution in [1.82, 2.24) is 5.01 Å². The van der Waals surface area contributed by atoms with E-state index in [1.54, 1.807) is 17.1 Å². The van der Waals surface area contributed by atoms with Crippen molar-refractivity contribution in [1.29, 1.82) is 0 Å². The van der Waals surface area contributed by atoms with Crippen molar-refractivity contribution in [2.24, 2.45) is 11.0 Å². The van der Waals surface area contributed by atoms with Crippen LogP contribution in [0.15, 0.2) is 53.6 Å². The predicted molar refractivity (Wildman–Crippen MR) is 121 cm³/mol. The van der Waals surface area contributed by atoms with Crippen LogP contribution in [0.2, 0.25) is 0 Å². The molecular formula is C23H29N3O3S. The lowest BCUT2D eigenvalue weighted by molar-refractivity contribution is -0.137. The van der Waals surface area contributed by atoms with Gasteiger partial charge in [-0.25, -0.2) is 13.4 Å². The van der Waals surface area contributed by atoms with Crippen LogP contribution in [0.4, 0.5) is 5.69 Å². The third-order valence-corrected chi connectivity index (χ3v) is 6.02. The van der Waals surface area contributed by atoms with E-state index in [2.05, 4.69) is 10.8 Å². The molecule has 0 aliphatic carbocycles. The van der Waals surface area contributed by atoms with Gasteiger partial charge in [0.1, 0.15) is 0 Å². The fourth-order valence-corrected chi connectivity index (χ4v) is 4.44. The lowest BCUT2D eigenvalue weighted by atomic mass is 9.95. The average Bonchev–Trinajstić information content (AvgIpc) is 3.13. The first-order valence-corrected chi connectivity index (χ1v) is 12.2. The minimum absolute atomic E-state index is 0.00931. The van der Waals surface area contributed by atoms with Crippen molar-refractivity contribution in [2.75, 3.05) is 11.0 Å². The standard InChI is InChI=1S/C23H29N3O3S/c1-5-17(6-2)23(27)26-22(18-11-9-10-16(3)14-18)15-21(24-26)19-12-7-8-13-20(19)25-30(4,28)29/h7-14,17,22,25H,5-6,15H2,1-4H3/t22-/m1/s1. The van der Waals surface area contributed by atoms with E-state index in [-0.39, 0.29) is 17.9 Å². The summed E-state index contributed by atoms with van der Waals surface area (Å²) in [6.45, 7) is 6.05. The topological polar surface area (TPSA) is 78.8 Å². The van der Waals surface area contributed by atoms with E-state index < -0.39 is 10.0 Å². The first-order chi connectivity index (χ1) is 14.2. The monoisotopic (exact) mass is 427 g/mol. The van der Waals surface area contributed by atoms with Gasteiger partial charge < -0.3 is 0 Å². The molecule has 1 heterocycles. The summed E-state index contributed by atoms with van der Waals surface area (Å²) >= 11 is 0. The number of aryl methyl sites for hydroxylation is 1. The summed E-state index contributed by atoms with van der Waals surface area (Å²) in [5, 5.41) is 6.33. The second-order valence-electron chi connectivity index (χ2n) is 7.80. The van der Waals surface area contributed by atoms with E-state index in [1.165, 1.54) is 0 Å². The van der Waals surface area contributed by atoms with Crippen LogP contribution >= 0.6 is 0 Å². The molecule has 7 heteroatoms. The van der Waals surface area contributed by atoms with Gasteiger partial charge in [0, 0.05) is 17.9 Å². The first-order valence-electron chi connectivity index (χ1n) is 10.3. The molecule has 0 saturated carbocycles. The summed E-state index contributed by atoms with van der Waals surface area (Å²) in [6, 6.07) is 15.1. The highest BCUT2D eigenvalue weighted by atomic mass is 32.2. The molecule has 0 saturated heterocycles. The van der Waals surface area contributed by atoms with E-state index in [9.17, 15) is 13.2 Å². The number of sulfonamides is 1. The number of hydrogen-bond donors (Lipinski definition) is 1. The minimum Gasteiger partial charge on any atom is -0.283 e. The smallest absolute Gasteiger partial charge is 0.246 e. The largest absolute Gasteiger partial charge is 0.283 e. The molecule has 0 bridgehead atoms. The molecule has 1 aliphatic heterocycles. The summed E-state index contributed by atoms with van der Waals surface area (Å²) in [4.78, 5) is 13.3. The number of para-hydroxylation sites is 1. The highest BCUT2D eigenvalue weighted by Gasteiger charge is 2.36. The van der Waals surface area contributed by atoms with Crippen LogP contribution in [0.3, 0.4) is 0 Å². The fourth-order valence-electron chi connectivity index (χ4n) is 3.86. The second kappa shape index (κ2) is 9.00. The molecule has 1 amide bonds. The lowest BCUT2D eigenvalue weighted by Crippen LogP contribution is -2.32. The summed E-state index contributed by atoms with van der Waals surface area (Å²) in [5.41, 5.74) is 4.02. The van der Waals surface area contributed by atoms with Crippen molar-refractivity contribution in [3.63, 3.8) is 0 Å². The zero-order chi connectivity index (χ0) is 21.9. The zero-order valence-corrected chi connectivity index (χ0v) is 18.7. The number of benzene rings is 2. The third-order valence-electron chi connectivity index (χ3n) is 5.43. The molecule has 0 fully saturated rings. The molecule has 0 spiro atoms. The zero-order valence-electron chi connectivity index (χ0n) is 17.9. The third kappa shape index (κ3) is 4.90. The number of nitrogens with one attached hydrogen (secondary N) is 1. The maximum atomic E-state index is 13.3. The number of nitrogens with zero attached hydrogens (tertiary/aromatic N) is 2. The number of hydrazone groups is 1.